The zero-order valence-electron chi connectivity index (χ0n) is 20.1. The van der Waals surface area contributed by atoms with E-state index < -0.39 is 0 Å². The number of hydrogen-bond donors (Lipinski definition) is 5. The Hall–Kier alpha value is -3.44. The van der Waals surface area contributed by atoms with Crippen LogP contribution in [0.5, 0.6) is 0 Å². The van der Waals surface area contributed by atoms with Crippen molar-refractivity contribution in [3.63, 3.8) is 0 Å². The van der Waals surface area contributed by atoms with Gasteiger partial charge >= 0.3 is 0 Å². The van der Waals surface area contributed by atoms with Gasteiger partial charge in [-0.05, 0) is 57.7 Å². The number of nitrogens with one attached hydrogen (secondary N) is 5. The number of aromatic nitrogens is 4. The van der Waals surface area contributed by atoms with Crippen LogP contribution in [0.15, 0.2) is 30.6 Å². The van der Waals surface area contributed by atoms with E-state index in [1.54, 1.807) is 23.7 Å². The molecule has 190 valence electrons. The molecule has 2 fully saturated rings. The number of hydrogen-bond acceptors (Lipinski definition) is 8. The quantitative estimate of drug-likeness (QED) is 0.276. The molecule has 3 aromatic rings. The number of amides is 2. The van der Waals surface area contributed by atoms with Crippen molar-refractivity contribution < 1.29 is 9.59 Å². The lowest BCUT2D eigenvalue weighted by Gasteiger charge is -2.30. The molecule has 3 heterocycles. The largest absolute Gasteiger partial charge is 0.379 e. The minimum Gasteiger partial charge on any atom is -0.379 e. The Morgan fingerprint density at radius 2 is 1.75 bits per heavy atom. The zero-order valence-corrected chi connectivity index (χ0v) is 20.8. The van der Waals surface area contributed by atoms with Crippen LogP contribution in [0, 0.1) is 0 Å². The van der Waals surface area contributed by atoms with Gasteiger partial charge in [-0.2, -0.15) is 0 Å². The van der Waals surface area contributed by atoms with Crippen LogP contribution in [0.1, 0.15) is 49.0 Å². The van der Waals surface area contributed by atoms with Crippen LogP contribution in [0.3, 0.4) is 0 Å². The molecule has 0 radical (unpaired) electrons. The van der Waals surface area contributed by atoms with Crippen LogP contribution < -0.4 is 26.6 Å². The summed E-state index contributed by atoms with van der Waals surface area (Å²) >= 11 is 5.95. The molecule has 2 saturated carbocycles. The number of rotatable bonds is 9. The van der Waals surface area contributed by atoms with Gasteiger partial charge in [0.2, 0.25) is 5.91 Å². The number of imidazole rings is 1. The number of fused-ring (bicyclic) bond motifs is 1. The van der Waals surface area contributed by atoms with Gasteiger partial charge in [0.05, 0.1) is 18.4 Å². The molecule has 0 spiro atoms. The van der Waals surface area contributed by atoms with Gasteiger partial charge in [-0.3, -0.25) is 9.59 Å². The molecule has 0 bridgehead atoms. The molecule has 11 nitrogen and oxygen atoms in total. The van der Waals surface area contributed by atoms with Crippen molar-refractivity contribution in [1.29, 1.82) is 0 Å². The van der Waals surface area contributed by atoms with E-state index in [1.807, 2.05) is 6.07 Å². The summed E-state index contributed by atoms with van der Waals surface area (Å²) in [5.41, 5.74) is 2.30. The van der Waals surface area contributed by atoms with Crippen molar-refractivity contribution in [2.45, 2.75) is 56.7 Å². The van der Waals surface area contributed by atoms with Crippen molar-refractivity contribution in [3.8, 4) is 0 Å². The van der Waals surface area contributed by atoms with E-state index in [0.29, 0.717) is 40.6 Å². The summed E-state index contributed by atoms with van der Waals surface area (Å²) in [6, 6.07) is 6.05. The first kappa shape index (κ1) is 24.3. The van der Waals surface area contributed by atoms with E-state index in [9.17, 15) is 9.59 Å². The lowest BCUT2D eigenvalue weighted by Crippen LogP contribution is -2.43. The van der Waals surface area contributed by atoms with Crippen molar-refractivity contribution >= 4 is 46.3 Å². The highest BCUT2D eigenvalue weighted by Gasteiger charge is 2.26. The highest BCUT2D eigenvalue weighted by atomic mass is 35.5. The predicted molar refractivity (Wildman–Crippen MR) is 139 cm³/mol. The van der Waals surface area contributed by atoms with Crippen LogP contribution in [0.25, 0.3) is 5.65 Å². The standard InChI is InChI=1S/C24H30ClN9O2/c1-26-13-22(35)31-16-6-4-15(5-7-16)30-21-11-18(29-14-2-3-14)23-28-12-19(34(23)33-21)24(36)32-17-8-9-27-20(25)10-17/h8-12,14-16,26,29H,2-7,13H2,1H3,(H,30,33)(H,31,35)(H,27,32,36)/t15-,16-. The van der Waals surface area contributed by atoms with Gasteiger partial charge in [0.25, 0.3) is 5.91 Å². The van der Waals surface area contributed by atoms with Gasteiger partial charge < -0.3 is 26.6 Å². The second-order valence-electron chi connectivity index (χ2n) is 9.35. The first-order valence-electron chi connectivity index (χ1n) is 12.3. The van der Waals surface area contributed by atoms with Gasteiger partial charge in [-0.1, -0.05) is 11.6 Å². The molecular formula is C24H30ClN9O2. The smallest absolute Gasteiger partial charge is 0.276 e. The van der Waals surface area contributed by atoms with Crippen LogP contribution in [-0.4, -0.2) is 63.1 Å². The predicted octanol–water partition coefficient (Wildman–Crippen LogP) is 2.66. The Kier molecular flexibility index (Phi) is 7.19. The van der Waals surface area contributed by atoms with Gasteiger partial charge in [-0.15, -0.1) is 5.10 Å². The molecule has 5 N–H and O–H groups in total. The van der Waals surface area contributed by atoms with Gasteiger partial charge in [-0.25, -0.2) is 14.5 Å². The van der Waals surface area contributed by atoms with Gasteiger partial charge in [0.15, 0.2) is 11.3 Å². The van der Waals surface area contributed by atoms with Gasteiger partial charge in [0, 0.05) is 36.1 Å². The maximum atomic E-state index is 13.1. The Bertz CT molecular complexity index is 1250. The molecule has 0 saturated heterocycles. The molecule has 0 atom stereocenters. The number of carbonyl (C=O) groups is 2. The first-order valence-corrected chi connectivity index (χ1v) is 12.6. The Labute approximate surface area is 213 Å². The number of nitrogens with zero attached hydrogens (tertiary/aromatic N) is 4. The fourth-order valence-corrected chi connectivity index (χ4v) is 4.63. The molecule has 2 amide bonds. The van der Waals surface area contributed by atoms with Crippen LogP contribution in [0.4, 0.5) is 17.2 Å². The average Bonchev–Trinajstić information content (AvgIpc) is 3.55. The third kappa shape index (κ3) is 5.85. The molecule has 5 rings (SSSR count). The number of likely N-dealkylation sites (N-methyl/N-ethyl adjacent to an activating group) is 1. The summed E-state index contributed by atoms with van der Waals surface area (Å²) < 4.78 is 1.58. The molecule has 0 aromatic carbocycles. The van der Waals surface area contributed by atoms with Crippen LogP contribution >= 0.6 is 11.6 Å². The van der Waals surface area contributed by atoms with E-state index in [1.165, 1.54) is 12.4 Å². The number of anilines is 3. The Balaban J connectivity index is 1.33. The molecule has 0 aliphatic heterocycles. The second-order valence-corrected chi connectivity index (χ2v) is 9.74. The maximum Gasteiger partial charge on any atom is 0.276 e. The molecule has 0 unspecified atom stereocenters. The van der Waals surface area contributed by atoms with E-state index >= 15 is 0 Å². The Morgan fingerprint density at radius 3 is 2.47 bits per heavy atom. The van der Waals surface area contributed by atoms with E-state index in [2.05, 4.69) is 36.6 Å². The summed E-state index contributed by atoms with van der Waals surface area (Å²) in [6.07, 6.45) is 8.90. The summed E-state index contributed by atoms with van der Waals surface area (Å²) in [6.45, 7) is 0.327. The SMILES string of the molecule is CNCC(=O)N[C@H]1CC[C@H](Nc2cc(NC3CC3)c3ncc(C(=O)Nc4ccnc(Cl)c4)n3n2)CC1. The molecule has 2 aliphatic rings. The molecular weight excluding hydrogens is 482 g/mol. The fourth-order valence-electron chi connectivity index (χ4n) is 4.45. The summed E-state index contributed by atoms with van der Waals surface area (Å²) in [5.74, 6) is 0.355. The number of carbonyl (C=O) groups excluding carboxylic acids is 2. The summed E-state index contributed by atoms with van der Waals surface area (Å²) in [7, 11) is 1.76. The second kappa shape index (κ2) is 10.7. The van der Waals surface area contributed by atoms with Gasteiger partial charge in [0.1, 0.15) is 11.0 Å². The lowest BCUT2D eigenvalue weighted by molar-refractivity contribution is -0.121. The number of halogens is 1. The zero-order chi connectivity index (χ0) is 25.1. The van der Waals surface area contributed by atoms with E-state index in [0.717, 1.165) is 44.2 Å². The highest BCUT2D eigenvalue weighted by Crippen LogP contribution is 2.30. The monoisotopic (exact) mass is 511 g/mol. The van der Waals surface area contributed by atoms with Crippen molar-refractivity contribution in [3.05, 3.63) is 41.4 Å². The topological polar surface area (TPSA) is 137 Å². The normalized spacial score (nSPS) is 19.6. The third-order valence-electron chi connectivity index (χ3n) is 6.40. The summed E-state index contributed by atoms with van der Waals surface area (Å²) in [5, 5.41) is 20.9. The molecule has 36 heavy (non-hydrogen) atoms. The van der Waals surface area contributed by atoms with Crippen LogP contribution in [-0.2, 0) is 4.79 Å². The average molecular weight is 512 g/mol. The lowest BCUT2D eigenvalue weighted by atomic mass is 9.91. The van der Waals surface area contributed by atoms with Crippen molar-refractivity contribution in [1.82, 2.24) is 30.2 Å². The van der Waals surface area contributed by atoms with Crippen LogP contribution in [0.2, 0.25) is 5.15 Å². The maximum absolute atomic E-state index is 13.1. The molecule has 3 aromatic heterocycles. The molecule has 2 aliphatic carbocycles. The minimum atomic E-state index is -0.343. The highest BCUT2D eigenvalue weighted by molar-refractivity contribution is 6.29. The van der Waals surface area contributed by atoms with E-state index in [4.69, 9.17) is 16.7 Å². The summed E-state index contributed by atoms with van der Waals surface area (Å²) in [4.78, 5) is 33.4. The fraction of sp³-hybridized carbons (Fsp3) is 0.458. The van der Waals surface area contributed by atoms with E-state index in [-0.39, 0.29) is 23.9 Å². The first-order chi connectivity index (χ1) is 17.5. The minimum absolute atomic E-state index is 0.0248. The number of pyridine rings is 1. The third-order valence-corrected chi connectivity index (χ3v) is 6.61. The Morgan fingerprint density at radius 1 is 1.03 bits per heavy atom. The van der Waals surface area contributed by atoms with Crippen molar-refractivity contribution in [2.75, 3.05) is 29.5 Å². The molecule has 12 heteroatoms. The van der Waals surface area contributed by atoms with Crippen molar-refractivity contribution in [2.24, 2.45) is 0 Å².